The lowest BCUT2D eigenvalue weighted by atomic mass is 10.2. The van der Waals surface area contributed by atoms with Crippen LogP contribution in [0, 0.1) is 0 Å². The van der Waals surface area contributed by atoms with Crippen LogP contribution in [-0.4, -0.2) is 63.0 Å². The molecule has 2 aromatic rings. The highest BCUT2D eigenvalue weighted by Gasteiger charge is 2.16. The third kappa shape index (κ3) is 5.08. The number of hydrogen-bond acceptors (Lipinski definition) is 9. The van der Waals surface area contributed by atoms with Crippen molar-refractivity contribution in [1.29, 1.82) is 0 Å². The summed E-state index contributed by atoms with van der Waals surface area (Å²) in [4.78, 5) is 20.0. The highest BCUT2D eigenvalue weighted by Crippen LogP contribution is 2.30. The summed E-state index contributed by atoms with van der Waals surface area (Å²) in [6, 6.07) is 5.37. The van der Waals surface area contributed by atoms with Gasteiger partial charge in [-0.15, -0.1) is 0 Å². The Bertz CT molecular complexity index is 894. The highest BCUT2D eigenvalue weighted by molar-refractivity contribution is 7.84. The summed E-state index contributed by atoms with van der Waals surface area (Å²) in [7, 11) is -0.973. The summed E-state index contributed by atoms with van der Waals surface area (Å²) in [6.07, 6.45) is 2.35. The number of nitrogens with one attached hydrogen (secondary N) is 3. The Morgan fingerprint density at radius 3 is 3.07 bits per heavy atom. The van der Waals surface area contributed by atoms with Gasteiger partial charge in [-0.3, -0.25) is 9.00 Å². The Morgan fingerprint density at radius 1 is 1.50 bits per heavy atom. The van der Waals surface area contributed by atoms with Gasteiger partial charge >= 0.3 is 0 Å². The largest absolute Gasteiger partial charge is 0.489 e. The number of fused-ring (bicyclic) bond motifs is 1. The zero-order chi connectivity index (χ0) is 20.1. The maximum atomic E-state index is 11.6. The number of benzene rings is 1. The lowest BCUT2D eigenvalue weighted by Gasteiger charge is -2.13. The lowest BCUT2D eigenvalue weighted by Crippen LogP contribution is -2.23. The smallest absolute Gasteiger partial charge is 0.254 e. The normalized spacial score (nSPS) is 16.7. The second-order valence-corrected chi connectivity index (χ2v) is 7.76. The van der Waals surface area contributed by atoms with E-state index in [4.69, 9.17) is 10.5 Å². The van der Waals surface area contributed by atoms with Crippen LogP contribution in [-0.2, 0) is 10.8 Å². The molecule has 11 heteroatoms. The maximum Gasteiger partial charge on any atom is 0.254 e. The maximum absolute atomic E-state index is 11.6. The Hall–Kier alpha value is -2.92. The Kier molecular flexibility index (Phi) is 6.26. The Morgan fingerprint density at radius 2 is 2.32 bits per heavy atom. The average molecular weight is 406 g/mol. The summed E-state index contributed by atoms with van der Waals surface area (Å²) in [5.41, 5.74) is 6.95. The van der Waals surface area contributed by atoms with Gasteiger partial charge in [0, 0.05) is 47.8 Å². The first kappa shape index (κ1) is 19.8. The van der Waals surface area contributed by atoms with Crippen molar-refractivity contribution in [3.8, 4) is 5.75 Å². The van der Waals surface area contributed by atoms with E-state index in [1.165, 1.54) is 6.20 Å². The molecule has 1 aromatic carbocycles. The van der Waals surface area contributed by atoms with Crippen LogP contribution in [0.4, 0.5) is 23.1 Å². The van der Waals surface area contributed by atoms with E-state index < -0.39 is 22.8 Å². The molecular formula is C17H22N6O4S. The van der Waals surface area contributed by atoms with E-state index in [1.807, 2.05) is 6.07 Å². The van der Waals surface area contributed by atoms with Crippen molar-refractivity contribution in [3.05, 3.63) is 30.0 Å². The lowest BCUT2D eigenvalue weighted by molar-refractivity contribution is 0.100. The molecular weight excluding hydrogens is 384 g/mol. The van der Waals surface area contributed by atoms with Crippen LogP contribution < -0.4 is 26.4 Å². The van der Waals surface area contributed by atoms with Crippen molar-refractivity contribution in [3.63, 3.8) is 0 Å². The van der Waals surface area contributed by atoms with Gasteiger partial charge in [0.25, 0.3) is 5.91 Å². The third-order valence-corrected chi connectivity index (χ3v) is 4.71. The fourth-order valence-corrected chi connectivity index (χ4v) is 2.93. The topological polar surface area (TPSA) is 151 Å². The van der Waals surface area contributed by atoms with Crippen molar-refractivity contribution in [2.75, 3.05) is 47.7 Å². The van der Waals surface area contributed by atoms with Crippen molar-refractivity contribution >= 4 is 39.8 Å². The molecule has 2 atom stereocenters. The minimum Gasteiger partial charge on any atom is -0.489 e. The number of aliphatic hydroxyl groups excluding tert-OH is 1. The van der Waals surface area contributed by atoms with Crippen molar-refractivity contribution in [1.82, 2.24) is 9.97 Å². The van der Waals surface area contributed by atoms with Gasteiger partial charge in [-0.05, 0) is 18.2 Å². The molecule has 0 saturated carbocycles. The minimum atomic E-state index is -0.973. The van der Waals surface area contributed by atoms with Crippen LogP contribution >= 0.6 is 0 Å². The van der Waals surface area contributed by atoms with Crippen LogP contribution in [0.15, 0.2) is 24.4 Å². The monoisotopic (exact) mass is 406 g/mol. The van der Waals surface area contributed by atoms with E-state index in [0.29, 0.717) is 30.3 Å². The fraction of sp³-hybridized carbons (Fsp3) is 0.353. The molecule has 0 aliphatic carbocycles. The van der Waals surface area contributed by atoms with Gasteiger partial charge in [0.05, 0.1) is 11.3 Å². The molecule has 10 nitrogen and oxygen atoms in total. The van der Waals surface area contributed by atoms with E-state index in [2.05, 4.69) is 25.9 Å². The van der Waals surface area contributed by atoms with E-state index in [-0.39, 0.29) is 23.9 Å². The number of nitrogens with two attached hydrogens (primary N) is 1. The van der Waals surface area contributed by atoms with Gasteiger partial charge in [-0.25, -0.2) is 4.98 Å². The number of aliphatic hydroxyl groups is 1. The molecule has 0 saturated heterocycles. The SMILES string of the molecule is CS(=O)CCNc1nc(Nc2ccc3c(c2)NC[C@H](O)CO3)ncc1C(N)=O. The molecule has 6 N–H and O–H groups in total. The number of β-amino-alcohol motifs (C(OH)–C–C–N with tert-alkyl or cyclic N) is 1. The number of primary amides is 1. The molecule has 1 aliphatic rings. The molecule has 1 amide bonds. The third-order valence-electron chi connectivity index (χ3n) is 3.93. The summed E-state index contributed by atoms with van der Waals surface area (Å²) >= 11 is 0. The van der Waals surface area contributed by atoms with Crippen LogP contribution in [0.1, 0.15) is 10.4 Å². The van der Waals surface area contributed by atoms with Crippen LogP contribution in [0.25, 0.3) is 0 Å². The van der Waals surface area contributed by atoms with E-state index in [0.717, 1.165) is 5.69 Å². The quantitative estimate of drug-likeness (QED) is 0.436. The number of rotatable bonds is 7. The van der Waals surface area contributed by atoms with Crippen LogP contribution in [0.2, 0.25) is 0 Å². The average Bonchev–Trinajstić information content (AvgIpc) is 2.83. The second kappa shape index (κ2) is 8.85. The summed E-state index contributed by atoms with van der Waals surface area (Å²) in [5.74, 6) is 0.931. The number of ether oxygens (including phenoxy) is 1. The molecule has 2 heterocycles. The summed E-state index contributed by atoms with van der Waals surface area (Å²) < 4.78 is 16.8. The number of carbonyl (C=O) groups excluding carboxylic acids is 1. The molecule has 0 radical (unpaired) electrons. The summed E-state index contributed by atoms with van der Waals surface area (Å²) in [6.45, 7) is 0.984. The molecule has 0 spiro atoms. The molecule has 1 aromatic heterocycles. The Balaban J connectivity index is 1.78. The van der Waals surface area contributed by atoms with E-state index in [1.54, 1.807) is 18.4 Å². The van der Waals surface area contributed by atoms with Gasteiger partial charge in [0.1, 0.15) is 24.3 Å². The van der Waals surface area contributed by atoms with Gasteiger partial charge in [0.2, 0.25) is 5.95 Å². The number of hydrogen-bond donors (Lipinski definition) is 5. The predicted octanol–water partition coefficient (Wildman–Crippen LogP) is 0.275. The van der Waals surface area contributed by atoms with Crippen molar-refractivity contribution in [2.45, 2.75) is 6.10 Å². The number of aromatic nitrogens is 2. The first-order chi connectivity index (χ1) is 13.4. The molecule has 0 fully saturated rings. The standard InChI is InChI=1S/C17H22N6O4S/c1-28(26)5-4-19-16-12(15(18)25)8-21-17(23-16)22-10-2-3-14-13(6-10)20-7-11(24)9-27-14/h2-3,6,8,11,20,24H,4-5,7,9H2,1H3,(H2,18,25)(H2,19,21,22,23)/t11-,28?/m0/s1. The van der Waals surface area contributed by atoms with Gasteiger partial charge in [0.15, 0.2) is 0 Å². The highest BCUT2D eigenvalue weighted by atomic mass is 32.2. The predicted molar refractivity (Wildman–Crippen MR) is 108 cm³/mol. The molecule has 3 rings (SSSR count). The first-order valence-electron chi connectivity index (χ1n) is 8.59. The van der Waals surface area contributed by atoms with Gasteiger partial charge < -0.3 is 31.5 Å². The fourth-order valence-electron chi connectivity index (χ4n) is 2.54. The van der Waals surface area contributed by atoms with E-state index >= 15 is 0 Å². The van der Waals surface area contributed by atoms with Crippen LogP contribution in [0.3, 0.4) is 0 Å². The first-order valence-corrected chi connectivity index (χ1v) is 10.3. The van der Waals surface area contributed by atoms with E-state index in [9.17, 15) is 14.1 Å². The zero-order valence-electron chi connectivity index (χ0n) is 15.3. The molecule has 0 bridgehead atoms. The molecule has 1 aliphatic heterocycles. The number of anilines is 4. The number of nitrogens with zero attached hydrogens (tertiary/aromatic N) is 2. The van der Waals surface area contributed by atoms with Gasteiger partial charge in [-0.2, -0.15) is 4.98 Å². The molecule has 150 valence electrons. The van der Waals surface area contributed by atoms with Crippen LogP contribution in [0.5, 0.6) is 5.75 Å². The second-order valence-electron chi connectivity index (χ2n) is 6.21. The minimum absolute atomic E-state index is 0.151. The molecule has 28 heavy (non-hydrogen) atoms. The van der Waals surface area contributed by atoms with Gasteiger partial charge in [-0.1, -0.05) is 0 Å². The van der Waals surface area contributed by atoms with Crippen molar-refractivity contribution < 1.29 is 18.8 Å². The summed E-state index contributed by atoms with van der Waals surface area (Å²) in [5, 5.41) is 18.8. The molecule has 1 unspecified atom stereocenters. The number of carbonyl (C=O) groups is 1. The van der Waals surface area contributed by atoms with Crippen molar-refractivity contribution in [2.24, 2.45) is 5.73 Å². The Labute approximate surface area is 164 Å². The number of amides is 1. The zero-order valence-corrected chi connectivity index (χ0v) is 16.1.